The highest BCUT2D eigenvalue weighted by molar-refractivity contribution is 5.81. The van der Waals surface area contributed by atoms with Crippen molar-refractivity contribution < 1.29 is 14.7 Å². The lowest BCUT2D eigenvalue weighted by atomic mass is 10.0. The van der Waals surface area contributed by atoms with E-state index in [1.54, 1.807) is 12.3 Å². The molecule has 0 aliphatic carbocycles. The quantitative estimate of drug-likeness (QED) is 0.660. The Morgan fingerprint density at radius 1 is 1.55 bits per heavy atom. The first-order valence-electron chi connectivity index (χ1n) is 7.16. The third kappa shape index (κ3) is 2.24. The number of carbonyl (C=O) groups is 1. The molecule has 0 spiro atoms. The summed E-state index contributed by atoms with van der Waals surface area (Å²) in [6.07, 6.45) is 6.38. The summed E-state index contributed by atoms with van der Waals surface area (Å²) < 4.78 is 1.07. The second-order valence-corrected chi connectivity index (χ2v) is 5.56. The number of rotatable bonds is 4. The average Bonchev–Trinajstić information content (AvgIpc) is 2.97. The van der Waals surface area contributed by atoms with E-state index in [0.29, 0.717) is 24.5 Å². The number of fused-ring (bicyclic) bond motifs is 1. The van der Waals surface area contributed by atoms with E-state index in [4.69, 9.17) is 0 Å². The molecule has 2 aromatic heterocycles. The van der Waals surface area contributed by atoms with E-state index in [1.807, 2.05) is 17.2 Å². The van der Waals surface area contributed by atoms with Crippen molar-refractivity contribution in [2.24, 2.45) is 5.92 Å². The van der Waals surface area contributed by atoms with Gasteiger partial charge in [-0.15, -0.1) is 0 Å². The van der Waals surface area contributed by atoms with Gasteiger partial charge in [-0.2, -0.15) is 0 Å². The fourth-order valence-electron chi connectivity index (χ4n) is 3.08. The Hall–Kier alpha value is -2.04. The van der Waals surface area contributed by atoms with E-state index < -0.39 is 0 Å². The Morgan fingerprint density at radius 2 is 2.40 bits per heavy atom. The van der Waals surface area contributed by atoms with Gasteiger partial charge in [0.25, 0.3) is 0 Å². The number of hydrogen-bond donors (Lipinski definition) is 2. The van der Waals surface area contributed by atoms with Crippen molar-refractivity contribution in [2.45, 2.75) is 32.7 Å². The van der Waals surface area contributed by atoms with Gasteiger partial charge < -0.3 is 10.1 Å². The zero-order valence-corrected chi connectivity index (χ0v) is 11.7. The van der Waals surface area contributed by atoms with Crippen LogP contribution in [0.1, 0.15) is 31.7 Å². The number of aromatic amines is 1. The molecular formula is C15H20N3O2+. The van der Waals surface area contributed by atoms with Gasteiger partial charge in [-0.3, -0.25) is 4.79 Å². The van der Waals surface area contributed by atoms with Crippen molar-refractivity contribution in [1.29, 1.82) is 0 Å². The van der Waals surface area contributed by atoms with E-state index in [1.165, 1.54) is 0 Å². The number of nitrogens with zero attached hydrogens (tertiary/aromatic N) is 2. The molecule has 3 heterocycles. The highest BCUT2D eigenvalue weighted by atomic mass is 16.5. The summed E-state index contributed by atoms with van der Waals surface area (Å²) in [6, 6.07) is 3.75. The molecule has 106 valence electrons. The van der Waals surface area contributed by atoms with Gasteiger partial charge in [-0.25, -0.2) is 4.98 Å². The van der Waals surface area contributed by atoms with Crippen LogP contribution in [0, 0.1) is 5.92 Å². The van der Waals surface area contributed by atoms with Crippen molar-refractivity contribution >= 4 is 16.9 Å². The van der Waals surface area contributed by atoms with E-state index in [9.17, 15) is 10.0 Å². The Balaban J connectivity index is 1.80. The number of aromatic nitrogens is 2. The first-order chi connectivity index (χ1) is 9.69. The lowest BCUT2D eigenvalue weighted by molar-refractivity contribution is -0.885. The smallest absolute Gasteiger partial charge is 0.326 e. The number of pyridine rings is 1. The van der Waals surface area contributed by atoms with Crippen LogP contribution in [-0.4, -0.2) is 27.5 Å². The maximum absolute atomic E-state index is 12.0. The molecular weight excluding hydrogens is 254 g/mol. The van der Waals surface area contributed by atoms with Crippen LogP contribution in [0.25, 0.3) is 11.0 Å². The zero-order chi connectivity index (χ0) is 14.1. The molecule has 2 aromatic rings. The molecule has 1 unspecified atom stereocenters. The number of likely N-dealkylation sites (tertiary alicyclic amines) is 1. The Morgan fingerprint density at radius 3 is 3.20 bits per heavy atom. The molecule has 1 saturated heterocycles. The van der Waals surface area contributed by atoms with Crippen molar-refractivity contribution in [3.05, 3.63) is 30.1 Å². The first-order valence-corrected chi connectivity index (χ1v) is 7.16. The molecule has 3 rings (SSSR count). The third-order valence-corrected chi connectivity index (χ3v) is 4.06. The second-order valence-electron chi connectivity index (χ2n) is 5.56. The minimum Gasteiger partial charge on any atom is -0.350 e. The maximum Gasteiger partial charge on any atom is 0.326 e. The fraction of sp³-hybridized carbons (Fsp3) is 0.467. The lowest BCUT2D eigenvalue weighted by Crippen LogP contribution is -2.30. The van der Waals surface area contributed by atoms with Crippen LogP contribution in [0.5, 0.6) is 0 Å². The highest BCUT2D eigenvalue weighted by Crippen LogP contribution is 2.25. The van der Waals surface area contributed by atoms with Gasteiger partial charge in [-0.1, -0.05) is 18.1 Å². The summed E-state index contributed by atoms with van der Waals surface area (Å²) >= 11 is 0. The van der Waals surface area contributed by atoms with Gasteiger partial charge in [0.1, 0.15) is 6.20 Å². The second kappa shape index (κ2) is 5.15. The summed E-state index contributed by atoms with van der Waals surface area (Å²) in [7, 11) is 0. The number of amides is 1. The van der Waals surface area contributed by atoms with E-state index in [0.717, 1.165) is 35.1 Å². The summed E-state index contributed by atoms with van der Waals surface area (Å²) in [5, 5.41) is 10.7. The number of hydrogen-bond acceptors (Lipinski definition) is 2. The molecule has 20 heavy (non-hydrogen) atoms. The molecule has 2 N–H and O–H groups in total. The molecule has 0 aromatic carbocycles. The molecule has 1 aliphatic rings. The monoisotopic (exact) mass is 274 g/mol. The van der Waals surface area contributed by atoms with E-state index in [2.05, 4.69) is 11.9 Å². The van der Waals surface area contributed by atoms with Crippen molar-refractivity contribution in [1.82, 2.24) is 9.88 Å². The molecule has 1 atom stereocenters. The summed E-state index contributed by atoms with van der Waals surface area (Å²) in [5.41, 5.74) is 1.72. The van der Waals surface area contributed by atoms with Crippen molar-refractivity contribution in [2.75, 3.05) is 6.54 Å². The van der Waals surface area contributed by atoms with Gasteiger partial charge in [0.15, 0.2) is 0 Å². The SMILES string of the molecule is CCCC1CC(=O)N(Cc2c[nH]c3c2ccc[n+]3O)C1. The van der Waals surface area contributed by atoms with Crippen LogP contribution in [0.3, 0.4) is 0 Å². The van der Waals surface area contributed by atoms with Crippen molar-refractivity contribution in [3.8, 4) is 0 Å². The Kier molecular flexibility index (Phi) is 3.34. The van der Waals surface area contributed by atoms with Crippen LogP contribution < -0.4 is 4.73 Å². The van der Waals surface area contributed by atoms with E-state index in [-0.39, 0.29) is 5.91 Å². The van der Waals surface area contributed by atoms with Gasteiger partial charge in [0.2, 0.25) is 5.91 Å². The molecule has 1 fully saturated rings. The van der Waals surface area contributed by atoms with E-state index >= 15 is 0 Å². The van der Waals surface area contributed by atoms with Crippen LogP contribution in [0.4, 0.5) is 0 Å². The predicted molar refractivity (Wildman–Crippen MR) is 74.1 cm³/mol. The molecule has 5 heteroatoms. The maximum atomic E-state index is 12.0. The zero-order valence-electron chi connectivity index (χ0n) is 11.7. The summed E-state index contributed by atoms with van der Waals surface area (Å²) in [6.45, 7) is 3.63. The van der Waals surface area contributed by atoms with Crippen LogP contribution in [0.2, 0.25) is 0 Å². The van der Waals surface area contributed by atoms with Crippen LogP contribution in [-0.2, 0) is 11.3 Å². The van der Waals surface area contributed by atoms with Gasteiger partial charge in [0.05, 0.1) is 18.1 Å². The number of H-pyrrole nitrogens is 1. The standard InChI is InChI=1S/C15H19N3O2/c1-2-4-11-7-14(19)17(9-11)10-12-8-16-15-13(12)5-3-6-18(15)20/h3,5-6,8,11,20H,2,4,7,9-10H2,1H3/p+1. The van der Waals surface area contributed by atoms with Gasteiger partial charge in [-0.05, 0) is 24.5 Å². The highest BCUT2D eigenvalue weighted by Gasteiger charge is 2.29. The predicted octanol–water partition coefficient (Wildman–Crippen LogP) is 1.84. The van der Waals surface area contributed by atoms with Gasteiger partial charge >= 0.3 is 5.65 Å². The van der Waals surface area contributed by atoms with Crippen LogP contribution in [0.15, 0.2) is 24.5 Å². The Labute approximate surface area is 117 Å². The lowest BCUT2D eigenvalue weighted by Gasteiger charge is -2.15. The number of nitrogens with one attached hydrogen (secondary N) is 1. The Bertz CT molecular complexity index is 635. The summed E-state index contributed by atoms with van der Waals surface area (Å²) in [4.78, 5) is 17.0. The average molecular weight is 274 g/mol. The molecule has 0 saturated carbocycles. The normalized spacial score (nSPS) is 19.1. The minimum atomic E-state index is 0.241. The summed E-state index contributed by atoms with van der Waals surface area (Å²) in [5.74, 6) is 0.742. The molecule has 0 radical (unpaired) electrons. The fourth-order valence-corrected chi connectivity index (χ4v) is 3.08. The van der Waals surface area contributed by atoms with Gasteiger partial charge in [0, 0.05) is 18.5 Å². The largest absolute Gasteiger partial charge is 0.350 e. The molecule has 1 aliphatic heterocycles. The molecule has 0 bridgehead atoms. The number of carbonyl (C=O) groups excluding carboxylic acids is 1. The third-order valence-electron chi connectivity index (χ3n) is 4.06. The molecule has 5 nitrogen and oxygen atoms in total. The minimum absolute atomic E-state index is 0.241. The first kappa shape index (κ1) is 13.0. The van der Waals surface area contributed by atoms with Crippen LogP contribution >= 0.6 is 0 Å². The van der Waals surface area contributed by atoms with Crippen molar-refractivity contribution in [3.63, 3.8) is 0 Å². The molecule has 1 amide bonds. The topological polar surface area (TPSA) is 60.2 Å².